The summed E-state index contributed by atoms with van der Waals surface area (Å²) in [6.07, 6.45) is -0.105. The lowest BCUT2D eigenvalue weighted by atomic mass is 9.88. The molecule has 7 nitrogen and oxygen atoms in total. The lowest BCUT2D eigenvalue weighted by Gasteiger charge is -2.43. The number of carbonyl (C=O) groups is 2. The third-order valence-corrected chi connectivity index (χ3v) is 4.91. The Bertz CT molecular complexity index is 651. The molecule has 2 amide bonds. The second-order valence-electron chi connectivity index (χ2n) is 6.53. The van der Waals surface area contributed by atoms with Crippen molar-refractivity contribution in [3.8, 4) is 5.75 Å². The van der Waals surface area contributed by atoms with Gasteiger partial charge in [0, 0.05) is 44.6 Å². The molecule has 0 saturated carbocycles. The lowest BCUT2D eigenvalue weighted by molar-refractivity contribution is -0.135. The third-order valence-electron chi connectivity index (χ3n) is 4.91. The van der Waals surface area contributed by atoms with E-state index >= 15 is 0 Å². The number of para-hydroxylation sites is 1. The first kappa shape index (κ1) is 18.5. The highest BCUT2D eigenvalue weighted by molar-refractivity contribution is 5.78. The fourth-order valence-corrected chi connectivity index (χ4v) is 3.70. The first-order valence-corrected chi connectivity index (χ1v) is 9.07. The molecule has 0 N–H and O–H groups in total. The van der Waals surface area contributed by atoms with Crippen LogP contribution in [0.1, 0.15) is 24.9 Å². The van der Waals surface area contributed by atoms with Gasteiger partial charge in [0.1, 0.15) is 5.75 Å². The van der Waals surface area contributed by atoms with E-state index in [1.807, 2.05) is 29.2 Å². The molecule has 2 atom stereocenters. The zero-order chi connectivity index (χ0) is 18.5. The summed E-state index contributed by atoms with van der Waals surface area (Å²) in [6, 6.07) is 7.60. The van der Waals surface area contributed by atoms with E-state index in [2.05, 4.69) is 0 Å². The van der Waals surface area contributed by atoms with E-state index in [1.165, 1.54) is 0 Å². The van der Waals surface area contributed by atoms with Gasteiger partial charge in [0.25, 0.3) is 0 Å². The van der Waals surface area contributed by atoms with E-state index in [1.54, 1.807) is 18.9 Å². The number of carbonyl (C=O) groups excluding carboxylic acids is 2. The van der Waals surface area contributed by atoms with Crippen molar-refractivity contribution in [2.24, 2.45) is 5.92 Å². The maximum Gasteiger partial charge on any atom is 0.410 e. The molecule has 0 radical (unpaired) electrons. The number of benzene rings is 1. The van der Waals surface area contributed by atoms with Crippen molar-refractivity contribution < 1.29 is 23.8 Å². The Morgan fingerprint density at radius 1 is 1.35 bits per heavy atom. The van der Waals surface area contributed by atoms with E-state index in [-0.39, 0.29) is 30.4 Å². The predicted octanol–water partition coefficient (Wildman–Crippen LogP) is 2.07. The maximum absolute atomic E-state index is 12.6. The Labute approximate surface area is 153 Å². The molecule has 0 spiro atoms. The molecule has 1 aromatic rings. The van der Waals surface area contributed by atoms with Crippen LogP contribution in [0.2, 0.25) is 0 Å². The van der Waals surface area contributed by atoms with Crippen LogP contribution < -0.4 is 4.74 Å². The molecule has 7 heteroatoms. The minimum Gasteiger partial charge on any atom is -0.493 e. The summed E-state index contributed by atoms with van der Waals surface area (Å²) < 4.78 is 16.3. The second-order valence-corrected chi connectivity index (χ2v) is 6.53. The quantitative estimate of drug-likeness (QED) is 0.820. The zero-order valence-electron chi connectivity index (χ0n) is 15.3. The van der Waals surface area contributed by atoms with Gasteiger partial charge in [-0.05, 0) is 13.0 Å². The lowest BCUT2D eigenvalue weighted by Crippen LogP contribution is -2.51. The zero-order valence-corrected chi connectivity index (χ0v) is 15.3. The van der Waals surface area contributed by atoms with Crippen molar-refractivity contribution in [1.29, 1.82) is 0 Å². The van der Waals surface area contributed by atoms with Gasteiger partial charge in [-0.25, -0.2) is 4.79 Å². The van der Waals surface area contributed by atoms with Crippen molar-refractivity contribution in [2.45, 2.75) is 19.4 Å². The minimum atomic E-state index is -0.377. The van der Waals surface area contributed by atoms with Crippen molar-refractivity contribution in [3.63, 3.8) is 0 Å². The summed E-state index contributed by atoms with van der Waals surface area (Å²) in [5.74, 6) is 0.794. The number of methoxy groups -OCH3 is 1. The average Bonchev–Trinajstić information content (AvgIpc) is 2.64. The van der Waals surface area contributed by atoms with Crippen LogP contribution in [0, 0.1) is 5.92 Å². The summed E-state index contributed by atoms with van der Waals surface area (Å²) in [4.78, 5) is 28.7. The van der Waals surface area contributed by atoms with Crippen LogP contribution in [0.15, 0.2) is 24.3 Å². The SMILES string of the molecule is CCOC(=O)N1CCC(=O)N(CCOC)C[C@H]2COc3ccccc3[C@H]21. The van der Waals surface area contributed by atoms with Crippen molar-refractivity contribution in [1.82, 2.24) is 9.80 Å². The van der Waals surface area contributed by atoms with Gasteiger partial charge in [-0.15, -0.1) is 0 Å². The number of fused-ring (bicyclic) bond motifs is 3. The summed E-state index contributed by atoms with van der Waals surface area (Å²) in [7, 11) is 1.62. The Morgan fingerprint density at radius 3 is 2.92 bits per heavy atom. The third kappa shape index (κ3) is 3.77. The van der Waals surface area contributed by atoms with Crippen LogP contribution in [-0.4, -0.2) is 68.4 Å². The molecule has 0 bridgehead atoms. The monoisotopic (exact) mass is 362 g/mol. The largest absolute Gasteiger partial charge is 0.493 e. The molecule has 0 aliphatic carbocycles. The molecule has 26 heavy (non-hydrogen) atoms. The van der Waals surface area contributed by atoms with E-state index in [0.29, 0.717) is 39.5 Å². The van der Waals surface area contributed by atoms with Crippen LogP contribution in [0.5, 0.6) is 5.75 Å². The van der Waals surface area contributed by atoms with Crippen LogP contribution in [0.3, 0.4) is 0 Å². The summed E-state index contributed by atoms with van der Waals surface area (Å²) in [6.45, 7) is 4.43. The first-order chi connectivity index (χ1) is 12.7. The van der Waals surface area contributed by atoms with E-state index < -0.39 is 0 Å². The molecule has 1 fully saturated rings. The Balaban J connectivity index is 1.93. The van der Waals surface area contributed by atoms with Gasteiger partial charge >= 0.3 is 6.09 Å². The molecule has 0 unspecified atom stereocenters. The van der Waals surface area contributed by atoms with Crippen molar-refractivity contribution in [3.05, 3.63) is 29.8 Å². The molecular formula is C19H26N2O5. The molecule has 1 aromatic carbocycles. The van der Waals surface area contributed by atoms with Crippen LogP contribution in [-0.2, 0) is 14.3 Å². The Morgan fingerprint density at radius 2 is 2.15 bits per heavy atom. The van der Waals surface area contributed by atoms with Gasteiger partial charge in [0.2, 0.25) is 5.91 Å². The van der Waals surface area contributed by atoms with E-state index in [4.69, 9.17) is 14.2 Å². The van der Waals surface area contributed by atoms with Crippen LogP contribution in [0.25, 0.3) is 0 Å². The average molecular weight is 362 g/mol. The molecule has 3 rings (SSSR count). The van der Waals surface area contributed by atoms with Gasteiger partial charge in [-0.3, -0.25) is 4.79 Å². The van der Waals surface area contributed by atoms with Crippen LogP contribution in [0.4, 0.5) is 4.79 Å². The summed E-state index contributed by atoms with van der Waals surface area (Å²) in [5.41, 5.74) is 0.970. The number of rotatable bonds is 4. The predicted molar refractivity (Wildman–Crippen MR) is 95.0 cm³/mol. The van der Waals surface area contributed by atoms with Crippen molar-refractivity contribution in [2.75, 3.05) is 46.6 Å². The molecule has 2 aliphatic rings. The smallest absolute Gasteiger partial charge is 0.410 e. The van der Waals surface area contributed by atoms with Gasteiger partial charge in [-0.2, -0.15) is 0 Å². The standard InChI is InChI=1S/C19H26N2O5/c1-3-25-19(23)21-9-8-17(22)20(10-11-24-2)12-14-13-26-16-7-5-4-6-15(16)18(14)21/h4-7,14,18H,3,8-13H2,1-2H3/t14-,18-/m0/s1. The number of amides is 2. The normalized spacial score (nSPS) is 22.6. The Hall–Kier alpha value is -2.28. The van der Waals surface area contributed by atoms with Crippen molar-refractivity contribution >= 4 is 12.0 Å². The molecule has 1 saturated heterocycles. The van der Waals surface area contributed by atoms with E-state index in [0.717, 1.165) is 11.3 Å². The highest BCUT2D eigenvalue weighted by Crippen LogP contribution is 2.40. The number of hydrogen-bond acceptors (Lipinski definition) is 5. The summed E-state index contributed by atoms with van der Waals surface area (Å²) >= 11 is 0. The maximum atomic E-state index is 12.6. The fourth-order valence-electron chi connectivity index (χ4n) is 3.70. The topological polar surface area (TPSA) is 68.3 Å². The molecule has 2 aliphatic heterocycles. The van der Waals surface area contributed by atoms with Crippen LogP contribution >= 0.6 is 0 Å². The van der Waals surface area contributed by atoms with Gasteiger partial charge < -0.3 is 24.0 Å². The fraction of sp³-hybridized carbons (Fsp3) is 0.579. The van der Waals surface area contributed by atoms with E-state index in [9.17, 15) is 9.59 Å². The molecule has 142 valence electrons. The molecule has 2 heterocycles. The summed E-state index contributed by atoms with van der Waals surface area (Å²) in [5, 5.41) is 0. The number of hydrogen-bond donors (Lipinski definition) is 0. The highest BCUT2D eigenvalue weighted by atomic mass is 16.6. The highest BCUT2D eigenvalue weighted by Gasteiger charge is 2.41. The van der Waals surface area contributed by atoms with Gasteiger partial charge in [0.05, 0.1) is 25.9 Å². The Kier molecular flexibility index (Phi) is 5.98. The minimum absolute atomic E-state index is 0.0181. The van der Waals surface area contributed by atoms with Gasteiger partial charge in [0.15, 0.2) is 0 Å². The number of ether oxygens (including phenoxy) is 3. The first-order valence-electron chi connectivity index (χ1n) is 9.07. The molecule has 0 aromatic heterocycles. The molecular weight excluding hydrogens is 336 g/mol. The number of nitrogens with zero attached hydrogens (tertiary/aromatic N) is 2. The second kappa shape index (κ2) is 8.40. The van der Waals surface area contributed by atoms with Gasteiger partial charge in [-0.1, -0.05) is 18.2 Å².